The molecule has 0 saturated carbocycles. The maximum Gasteiger partial charge on any atom is 0.324 e. The van der Waals surface area contributed by atoms with Crippen LogP contribution in [0.1, 0.15) is 37.4 Å². The number of rotatable bonds is 7. The molecular formula is C22H27FN4O4. The molecule has 0 radical (unpaired) electrons. The summed E-state index contributed by atoms with van der Waals surface area (Å²) >= 11 is 0. The van der Waals surface area contributed by atoms with Crippen LogP contribution in [0.25, 0.3) is 0 Å². The van der Waals surface area contributed by atoms with Crippen molar-refractivity contribution in [3.8, 4) is 5.75 Å². The molecule has 2 N–H and O–H groups in total. The first-order valence-corrected chi connectivity index (χ1v) is 9.97. The number of amides is 3. The second-order valence-electron chi connectivity index (χ2n) is 7.84. The lowest BCUT2D eigenvalue weighted by molar-refractivity contribution is -0.115. The number of anilines is 2. The normalized spacial score (nSPS) is 14.5. The molecule has 1 aliphatic rings. The van der Waals surface area contributed by atoms with Crippen molar-refractivity contribution in [1.29, 1.82) is 0 Å². The van der Waals surface area contributed by atoms with Crippen molar-refractivity contribution in [1.82, 2.24) is 10.3 Å². The van der Waals surface area contributed by atoms with Gasteiger partial charge in [-0.15, -0.1) is 0 Å². The van der Waals surface area contributed by atoms with Crippen LogP contribution >= 0.6 is 0 Å². The van der Waals surface area contributed by atoms with E-state index in [0.717, 1.165) is 11.1 Å². The zero-order chi connectivity index (χ0) is 22.6. The van der Waals surface area contributed by atoms with Gasteiger partial charge < -0.3 is 20.1 Å². The van der Waals surface area contributed by atoms with Crippen LogP contribution in [0.3, 0.4) is 0 Å². The van der Waals surface area contributed by atoms with E-state index in [-0.39, 0.29) is 12.5 Å². The Bertz CT molecular complexity index is 944. The minimum atomic E-state index is -1.79. The second kappa shape index (κ2) is 9.30. The van der Waals surface area contributed by atoms with E-state index in [1.54, 1.807) is 43.6 Å². The number of nitrogens with one attached hydrogen (secondary N) is 2. The average molecular weight is 430 g/mol. The fourth-order valence-corrected chi connectivity index (χ4v) is 3.28. The first-order chi connectivity index (χ1) is 14.7. The summed E-state index contributed by atoms with van der Waals surface area (Å²) in [6.45, 7) is 4.78. The number of carbonyl (C=O) groups excluding carboxylic acids is 2. The van der Waals surface area contributed by atoms with Crippen LogP contribution in [0.4, 0.5) is 20.7 Å². The van der Waals surface area contributed by atoms with Gasteiger partial charge in [-0.3, -0.25) is 9.69 Å². The van der Waals surface area contributed by atoms with E-state index < -0.39 is 17.9 Å². The predicted octanol–water partition coefficient (Wildman–Crippen LogP) is 3.72. The Morgan fingerprint density at radius 3 is 2.71 bits per heavy atom. The zero-order valence-electron chi connectivity index (χ0n) is 18.1. The summed E-state index contributed by atoms with van der Waals surface area (Å²) in [5.74, 6) is -1.31. The third-order valence-corrected chi connectivity index (χ3v) is 4.63. The highest BCUT2D eigenvalue weighted by Gasteiger charge is 2.30. The molecule has 2 heterocycles. The van der Waals surface area contributed by atoms with Gasteiger partial charge in [-0.25, -0.2) is 9.78 Å². The summed E-state index contributed by atoms with van der Waals surface area (Å²) < 4.78 is 24.1. The molecule has 0 saturated heterocycles. The van der Waals surface area contributed by atoms with Gasteiger partial charge in [0.05, 0.1) is 11.7 Å². The van der Waals surface area contributed by atoms with Crippen LogP contribution in [0.5, 0.6) is 5.75 Å². The third-order valence-electron chi connectivity index (χ3n) is 4.63. The molecule has 3 amide bonds. The van der Waals surface area contributed by atoms with Gasteiger partial charge in [-0.2, -0.15) is 4.39 Å². The maximum absolute atomic E-state index is 13.7. The number of ether oxygens (including phenoxy) is 2. The molecule has 1 unspecified atom stereocenters. The van der Waals surface area contributed by atoms with Gasteiger partial charge in [0, 0.05) is 33.8 Å². The van der Waals surface area contributed by atoms with Crippen LogP contribution < -0.4 is 20.3 Å². The number of benzene rings is 1. The number of methoxy groups -OCH3 is 1. The minimum absolute atomic E-state index is 0.135. The van der Waals surface area contributed by atoms with Crippen molar-refractivity contribution in [2.75, 3.05) is 30.5 Å². The van der Waals surface area contributed by atoms with Gasteiger partial charge in [-0.05, 0) is 42.7 Å². The Balaban J connectivity index is 1.80. The van der Waals surface area contributed by atoms with Crippen molar-refractivity contribution < 1.29 is 23.5 Å². The number of halogens is 1. The molecule has 8 nitrogen and oxygen atoms in total. The van der Waals surface area contributed by atoms with Gasteiger partial charge >= 0.3 is 6.03 Å². The smallest absolute Gasteiger partial charge is 0.324 e. The van der Waals surface area contributed by atoms with E-state index in [2.05, 4.69) is 15.6 Å². The molecule has 1 aromatic heterocycles. The highest BCUT2D eigenvalue weighted by Crippen LogP contribution is 2.29. The van der Waals surface area contributed by atoms with Crippen molar-refractivity contribution >= 4 is 23.4 Å². The number of hydrogen-bond acceptors (Lipinski definition) is 5. The number of urea groups is 1. The Labute approximate surface area is 180 Å². The monoisotopic (exact) mass is 430 g/mol. The Morgan fingerprint density at radius 2 is 2.06 bits per heavy atom. The lowest BCUT2D eigenvalue weighted by Crippen LogP contribution is -2.48. The number of aryl methyl sites for hydroxylation is 1. The summed E-state index contributed by atoms with van der Waals surface area (Å²) in [4.78, 5) is 30.8. The van der Waals surface area contributed by atoms with Gasteiger partial charge in [0.2, 0.25) is 11.8 Å². The molecule has 31 heavy (non-hydrogen) atoms. The molecule has 166 valence electrons. The largest absolute Gasteiger partial charge is 0.459 e. The predicted molar refractivity (Wildman–Crippen MR) is 115 cm³/mol. The Hall–Kier alpha value is -3.20. The number of fused-ring (bicyclic) bond motifs is 1. The fraction of sp³-hybridized carbons (Fsp3) is 0.409. The Morgan fingerprint density at radius 1 is 1.35 bits per heavy atom. The van der Waals surface area contributed by atoms with Crippen molar-refractivity contribution in [3.63, 3.8) is 0 Å². The molecule has 9 heteroatoms. The first-order valence-electron chi connectivity index (χ1n) is 9.97. The quantitative estimate of drug-likeness (QED) is 0.698. The number of pyridine rings is 1. The summed E-state index contributed by atoms with van der Waals surface area (Å²) in [7, 11) is 1.58. The number of alkyl halides is 1. The van der Waals surface area contributed by atoms with Gasteiger partial charge in [0.25, 0.3) is 0 Å². The van der Waals surface area contributed by atoms with Gasteiger partial charge in [-0.1, -0.05) is 12.1 Å². The molecule has 1 atom stereocenters. The number of hydrogen-bond donors (Lipinski definition) is 2. The molecule has 0 spiro atoms. The van der Waals surface area contributed by atoms with Crippen LogP contribution in [0, 0.1) is 6.92 Å². The minimum Gasteiger partial charge on any atom is -0.459 e. The molecule has 0 fully saturated rings. The van der Waals surface area contributed by atoms with E-state index >= 15 is 0 Å². The van der Waals surface area contributed by atoms with Crippen LogP contribution in [-0.4, -0.2) is 43.0 Å². The fourth-order valence-electron chi connectivity index (χ4n) is 3.28. The Kier molecular flexibility index (Phi) is 6.74. The topological polar surface area (TPSA) is 92.8 Å². The van der Waals surface area contributed by atoms with Crippen LogP contribution in [0.2, 0.25) is 0 Å². The molecule has 2 aromatic rings. The van der Waals surface area contributed by atoms with E-state index in [9.17, 15) is 14.0 Å². The highest BCUT2D eigenvalue weighted by atomic mass is 19.2. The molecule has 1 aromatic carbocycles. The second-order valence-corrected chi connectivity index (χ2v) is 7.84. The summed E-state index contributed by atoms with van der Waals surface area (Å²) in [5.41, 5.74) is 2.17. The molecular weight excluding hydrogens is 403 g/mol. The number of aromatic nitrogens is 1. The van der Waals surface area contributed by atoms with Crippen molar-refractivity contribution in [3.05, 3.63) is 47.7 Å². The van der Waals surface area contributed by atoms with E-state index in [1.807, 2.05) is 6.92 Å². The maximum atomic E-state index is 13.7. The summed E-state index contributed by atoms with van der Waals surface area (Å²) in [5, 5.41) is 5.70. The van der Waals surface area contributed by atoms with E-state index in [1.165, 1.54) is 18.7 Å². The highest BCUT2D eigenvalue weighted by molar-refractivity contribution is 6.08. The lowest BCUT2D eigenvalue weighted by atomic mass is 10.0. The van der Waals surface area contributed by atoms with E-state index in [4.69, 9.17) is 9.47 Å². The SMILES string of the molecule is COCCC(NC(=O)N1CC(=O)Nc2cc(C)cnc21)c1ccc(OC(C)(C)F)cc1. The average Bonchev–Trinajstić information content (AvgIpc) is 2.69. The van der Waals surface area contributed by atoms with Gasteiger partial charge in [0.15, 0.2) is 5.82 Å². The zero-order valence-corrected chi connectivity index (χ0v) is 18.1. The van der Waals surface area contributed by atoms with Crippen LogP contribution in [0.15, 0.2) is 36.5 Å². The first kappa shape index (κ1) is 22.5. The van der Waals surface area contributed by atoms with E-state index in [0.29, 0.717) is 30.3 Å². The molecule has 0 bridgehead atoms. The lowest BCUT2D eigenvalue weighted by Gasteiger charge is -2.30. The summed E-state index contributed by atoms with van der Waals surface area (Å²) in [6.07, 6.45) is 2.15. The third kappa shape index (κ3) is 5.91. The number of carbonyl (C=O) groups is 2. The van der Waals surface area contributed by atoms with Crippen LogP contribution in [-0.2, 0) is 9.53 Å². The van der Waals surface area contributed by atoms with Crippen molar-refractivity contribution in [2.24, 2.45) is 0 Å². The van der Waals surface area contributed by atoms with Crippen molar-refractivity contribution in [2.45, 2.75) is 39.1 Å². The summed E-state index contributed by atoms with van der Waals surface area (Å²) in [6, 6.07) is 7.76. The molecule has 3 rings (SSSR count). The standard InChI is InChI=1S/C22H27FN4O4/c1-14-11-18-20(24-12-14)27(13-19(28)25-18)21(29)26-17(9-10-30-4)15-5-7-16(8-6-15)31-22(2,3)23/h5-8,11-12,17H,9-10,13H2,1-4H3,(H,25,28)(H,26,29). The molecule has 1 aliphatic heterocycles. The number of nitrogens with zero attached hydrogens (tertiary/aromatic N) is 2. The van der Waals surface area contributed by atoms with Gasteiger partial charge in [0.1, 0.15) is 12.3 Å². The molecule has 0 aliphatic carbocycles.